The number of nitrogens with one attached hydrogen (secondary N) is 1. The van der Waals surface area contributed by atoms with Crippen LogP contribution in [0.4, 0.5) is 13.2 Å². The number of nitrogens with zero attached hydrogens (tertiary/aromatic N) is 2. The fraction of sp³-hybridized carbons (Fsp3) is 0.556. The number of nitriles is 1. The minimum absolute atomic E-state index is 0.0919. The highest BCUT2D eigenvalue weighted by molar-refractivity contribution is 6.04. The van der Waals surface area contributed by atoms with Gasteiger partial charge in [-0.1, -0.05) is 6.92 Å². The van der Waals surface area contributed by atoms with E-state index in [1.54, 1.807) is 6.07 Å². The summed E-state index contributed by atoms with van der Waals surface area (Å²) in [4.78, 5) is 21.4. The van der Waals surface area contributed by atoms with Crippen molar-refractivity contribution >= 4 is 17.4 Å². The van der Waals surface area contributed by atoms with Gasteiger partial charge in [0.05, 0.1) is 12.5 Å². The molecule has 0 aliphatic carbocycles. The second-order valence-electron chi connectivity index (χ2n) is 3.00. The van der Waals surface area contributed by atoms with E-state index in [9.17, 15) is 22.8 Å². The average molecular weight is 249 g/mol. The predicted molar refractivity (Wildman–Crippen MR) is 51.8 cm³/mol. The largest absolute Gasteiger partial charge is 0.450 e. The van der Waals surface area contributed by atoms with Crippen molar-refractivity contribution in [3.05, 3.63) is 0 Å². The molecule has 0 saturated carbocycles. The lowest BCUT2D eigenvalue weighted by Gasteiger charge is -2.06. The quantitative estimate of drug-likeness (QED) is 0.589. The molecule has 0 heterocycles. The molecule has 0 unspecified atom stereocenters. The monoisotopic (exact) mass is 249 g/mol. The first kappa shape index (κ1) is 15.1. The van der Waals surface area contributed by atoms with E-state index < -0.39 is 30.7 Å². The van der Waals surface area contributed by atoms with Crippen LogP contribution in [-0.2, 0) is 9.59 Å². The first-order valence-corrected chi connectivity index (χ1v) is 4.62. The number of carbonyl (C=O) groups excluding carboxylic acids is 2. The van der Waals surface area contributed by atoms with Crippen LogP contribution >= 0.6 is 0 Å². The molecule has 0 rings (SSSR count). The zero-order chi connectivity index (χ0) is 13.5. The number of carbonyl (C=O) groups is 2. The highest BCUT2D eigenvalue weighted by Crippen LogP contribution is 2.18. The van der Waals surface area contributed by atoms with Gasteiger partial charge in [-0.05, 0) is 6.42 Å². The summed E-state index contributed by atoms with van der Waals surface area (Å²) in [6, 6.07) is 1.55. The van der Waals surface area contributed by atoms with E-state index in [4.69, 9.17) is 5.26 Å². The van der Waals surface area contributed by atoms with Gasteiger partial charge >= 0.3 is 6.18 Å². The minimum Gasteiger partial charge on any atom is -0.289 e. The number of hydrazone groups is 1. The third-order valence-electron chi connectivity index (χ3n) is 1.67. The summed E-state index contributed by atoms with van der Waals surface area (Å²) >= 11 is 0. The Labute approximate surface area is 95.3 Å². The molecular weight excluding hydrogens is 239 g/mol. The Kier molecular flexibility index (Phi) is 5.88. The van der Waals surface area contributed by atoms with Gasteiger partial charge in [-0.15, -0.1) is 0 Å². The van der Waals surface area contributed by atoms with Gasteiger partial charge in [-0.25, -0.2) is 5.43 Å². The number of halogens is 3. The van der Waals surface area contributed by atoms with Crippen molar-refractivity contribution in [1.29, 1.82) is 5.26 Å². The number of alkyl halides is 3. The number of amides is 1. The number of hydrogen-bond donors (Lipinski definition) is 1. The standard InChI is InChI=1S/C9H10F3N3O2/c1-2-6(5-7(16)9(10,11)12)14-15-8(17)3-4-13/h2-3,5H2,1H3,(H,15,17). The topological polar surface area (TPSA) is 82.3 Å². The first-order valence-electron chi connectivity index (χ1n) is 4.62. The van der Waals surface area contributed by atoms with Crippen LogP contribution < -0.4 is 5.43 Å². The van der Waals surface area contributed by atoms with Crippen LogP contribution in [0.5, 0.6) is 0 Å². The molecule has 0 aliphatic heterocycles. The van der Waals surface area contributed by atoms with Crippen molar-refractivity contribution in [3.63, 3.8) is 0 Å². The summed E-state index contributed by atoms with van der Waals surface area (Å²) in [7, 11) is 0. The Balaban J connectivity index is 4.44. The van der Waals surface area contributed by atoms with Crippen LogP contribution in [0.25, 0.3) is 0 Å². The van der Waals surface area contributed by atoms with Gasteiger partial charge in [0.25, 0.3) is 5.91 Å². The molecule has 94 valence electrons. The molecule has 0 spiro atoms. The molecule has 0 saturated heterocycles. The Hall–Kier alpha value is -1.91. The summed E-state index contributed by atoms with van der Waals surface area (Å²) in [6.07, 6.45) is -6.16. The van der Waals surface area contributed by atoms with Crippen LogP contribution in [0.1, 0.15) is 26.2 Å². The van der Waals surface area contributed by atoms with E-state index in [1.165, 1.54) is 6.92 Å². The highest BCUT2D eigenvalue weighted by Gasteiger charge is 2.38. The third-order valence-corrected chi connectivity index (χ3v) is 1.67. The van der Waals surface area contributed by atoms with Gasteiger partial charge in [-0.2, -0.15) is 23.5 Å². The Bertz CT molecular complexity index is 369. The van der Waals surface area contributed by atoms with E-state index in [1.807, 2.05) is 5.43 Å². The van der Waals surface area contributed by atoms with E-state index >= 15 is 0 Å². The third kappa shape index (κ3) is 6.29. The van der Waals surface area contributed by atoms with Gasteiger partial charge < -0.3 is 0 Å². The van der Waals surface area contributed by atoms with E-state index in [0.29, 0.717) is 0 Å². The number of rotatable bonds is 5. The van der Waals surface area contributed by atoms with Crippen LogP contribution in [0.15, 0.2) is 5.10 Å². The maximum Gasteiger partial charge on any atom is 0.450 e. The van der Waals surface area contributed by atoms with Crippen molar-refractivity contribution in [2.45, 2.75) is 32.4 Å². The van der Waals surface area contributed by atoms with Crippen LogP contribution in [0.3, 0.4) is 0 Å². The molecule has 0 bridgehead atoms. The molecule has 0 aromatic heterocycles. The highest BCUT2D eigenvalue weighted by atomic mass is 19.4. The van der Waals surface area contributed by atoms with Gasteiger partial charge in [0.15, 0.2) is 0 Å². The molecule has 0 radical (unpaired) electrons. The van der Waals surface area contributed by atoms with Crippen molar-refractivity contribution < 1.29 is 22.8 Å². The summed E-state index contributed by atoms with van der Waals surface area (Å²) in [5.74, 6) is -2.66. The smallest absolute Gasteiger partial charge is 0.289 e. The Morgan fingerprint density at radius 1 is 1.41 bits per heavy atom. The molecule has 0 aromatic rings. The molecule has 1 amide bonds. The summed E-state index contributed by atoms with van der Waals surface area (Å²) in [5, 5.41) is 11.5. The number of ketones is 1. The maximum atomic E-state index is 11.9. The summed E-state index contributed by atoms with van der Waals surface area (Å²) < 4.78 is 35.8. The minimum atomic E-state index is -4.91. The Morgan fingerprint density at radius 3 is 2.41 bits per heavy atom. The molecule has 17 heavy (non-hydrogen) atoms. The molecule has 8 heteroatoms. The predicted octanol–water partition coefficient (Wildman–Crippen LogP) is 1.30. The molecular formula is C9H10F3N3O2. The molecule has 0 aliphatic rings. The van der Waals surface area contributed by atoms with E-state index in [-0.39, 0.29) is 12.1 Å². The fourth-order valence-electron chi connectivity index (χ4n) is 0.782. The summed E-state index contributed by atoms with van der Waals surface area (Å²) in [6.45, 7) is 1.50. The van der Waals surface area contributed by atoms with Crippen molar-refractivity contribution in [3.8, 4) is 6.07 Å². The molecule has 0 atom stereocenters. The zero-order valence-electron chi connectivity index (χ0n) is 8.97. The van der Waals surface area contributed by atoms with Crippen molar-refractivity contribution in [2.24, 2.45) is 5.10 Å². The van der Waals surface area contributed by atoms with Gasteiger partial charge in [0.2, 0.25) is 5.78 Å². The lowest BCUT2D eigenvalue weighted by atomic mass is 10.1. The van der Waals surface area contributed by atoms with Crippen LogP contribution in [-0.4, -0.2) is 23.6 Å². The van der Waals surface area contributed by atoms with Crippen LogP contribution in [0, 0.1) is 11.3 Å². The number of hydrogen-bond acceptors (Lipinski definition) is 4. The normalized spacial score (nSPS) is 11.8. The lowest BCUT2D eigenvalue weighted by Crippen LogP contribution is -2.26. The fourth-order valence-corrected chi connectivity index (χ4v) is 0.782. The first-order chi connectivity index (χ1) is 7.81. The molecule has 5 nitrogen and oxygen atoms in total. The summed E-state index contributed by atoms with van der Waals surface area (Å²) in [5.41, 5.74) is 1.80. The maximum absolute atomic E-state index is 11.9. The lowest BCUT2D eigenvalue weighted by molar-refractivity contribution is -0.169. The van der Waals surface area contributed by atoms with Gasteiger partial charge in [0, 0.05) is 5.71 Å². The Morgan fingerprint density at radius 2 is 2.00 bits per heavy atom. The molecule has 1 N–H and O–H groups in total. The van der Waals surface area contributed by atoms with Crippen molar-refractivity contribution in [2.75, 3.05) is 0 Å². The second kappa shape index (κ2) is 6.62. The number of Topliss-reactive ketones (excluding diaryl/α,β-unsaturated/α-hetero) is 1. The van der Waals surface area contributed by atoms with E-state index in [0.717, 1.165) is 0 Å². The molecule has 0 aromatic carbocycles. The van der Waals surface area contributed by atoms with Crippen molar-refractivity contribution in [1.82, 2.24) is 5.43 Å². The second-order valence-corrected chi connectivity index (χ2v) is 3.00. The zero-order valence-corrected chi connectivity index (χ0v) is 8.97. The molecule has 0 fully saturated rings. The SMILES string of the molecule is CCC(CC(=O)C(F)(F)F)=NNC(=O)CC#N. The van der Waals surface area contributed by atoms with Crippen LogP contribution in [0.2, 0.25) is 0 Å². The van der Waals surface area contributed by atoms with E-state index in [2.05, 4.69) is 5.10 Å². The average Bonchev–Trinajstić information content (AvgIpc) is 2.22. The van der Waals surface area contributed by atoms with Gasteiger partial charge in [0.1, 0.15) is 6.42 Å². The van der Waals surface area contributed by atoms with Gasteiger partial charge in [-0.3, -0.25) is 9.59 Å².